The average molecular weight is 391 g/mol. The minimum absolute atomic E-state index is 0.183. The number of sulfonamides is 1. The monoisotopic (exact) mass is 390 g/mol. The van der Waals surface area contributed by atoms with Gasteiger partial charge in [-0.05, 0) is 49.6 Å². The number of nitrogens with zero attached hydrogens (tertiary/aromatic N) is 1. The summed E-state index contributed by atoms with van der Waals surface area (Å²) in [5.41, 5.74) is 2.13. The molecule has 0 saturated carbocycles. The standard InChI is InChI=1S/C20H26N2O4S/c1-16-6-12-19(13-7-16)27(24,25)22(2)15-20(23)21-14-4-5-17-8-10-18(26-3)11-9-17/h6-13H,4-5,14-15H2,1-3H3,(H,21,23). The van der Waals surface area contributed by atoms with Crippen LogP contribution in [0.25, 0.3) is 0 Å². The second-order valence-electron chi connectivity index (χ2n) is 6.38. The number of benzene rings is 2. The van der Waals surface area contributed by atoms with E-state index in [1.54, 1.807) is 31.4 Å². The van der Waals surface area contributed by atoms with E-state index in [2.05, 4.69) is 5.32 Å². The molecule has 1 amide bonds. The number of carbonyl (C=O) groups is 1. The summed E-state index contributed by atoms with van der Waals surface area (Å²) in [6, 6.07) is 14.4. The molecular formula is C20H26N2O4S. The first-order valence-electron chi connectivity index (χ1n) is 8.75. The van der Waals surface area contributed by atoms with Crippen molar-refractivity contribution in [2.75, 3.05) is 27.2 Å². The maximum Gasteiger partial charge on any atom is 0.243 e. The molecule has 0 aliphatic carbocycles. The number of ether oxygens (including phenoxy) is 1. The average Bonchev–Trinajstić information content (AvgIpc) is 2.66. The van der Waals surface area contributed by atoms with Crippen LogP contribution in [-0.2, 0) is 21.2 Å². The van der Waals surface area contributed by atoms with Gasteiger partial charge in [0, 0.05) is 13.6 Å². The molecule has 0 heterocycles. The van der Waals surface area contributed by atoms with Crippen molar-refractivity contribution in [2.45, 2.75) is 24.7 Å². The number of likely N-dealkylation sites (N-methyl/N-ethyl adjacent to an activating group) is 1. The van der Waals surface area contributed by atoms with E-state index in [0.717, 1.165) is 34.0 Å². The zero-order chi connectivity index (χ0) is 19.9. The van der Waals surface area contributed by atoms with Gasteiger partial charge in [0.05, 0.1) is 18.6 Å². The Bertz CT molecular complexity index is 847. The van der Waals surface area contributed by atoms with E-state index in [-0.39, 0.29) is 17.3 Å². The van der Waals surface area contributed by atoms with E-state index in [4.69, 9.17) is 4.74 Å². The second-order valence-corrected chi connectivity index (χ2v) is 8.42. The Morgan fingerprint density at radius 2 is 1.70 bits per heavy atom. The van der Waals surface area contributed by atoms with Gasteiger partial charge in [-0.25, -0.2) is 8.42 Å². The quantitative estimate of drug-likeness (QED) is 0.667. The van der Waals surface area contributed by atoms with E-state index < -0.39 is 10.0 Å². The Balaban J connectivity index is 1.78. The Morgan fingerprint density at radius 3 is 2.30 bits per heavy atom. The van der Waals surface area contributed by atoms with Crippen LogP contribution in [0.3, 0.4) is 0 Å². The fourth-order valence-electron chi connectivity index (χ4n) is 2.55. The molecule has 0 aliphatic heterocycles. The van der Waals surface area contributed by atoms with Gasteiger partial charge in [0.2, 0.25) is 15.9 Å². The SMILES string of the molecule is COc1ccc(CCCNC(=O)CN(C)S(=O)(=O)c2ccc(C)cc2)cc1. The zero-order valence-electron chi connectivity index (χ0n) is 15.9. The van der Waals surface area contributed by atoms with Crippen molar-refractivity contribution in [1.82, 2.24) is 9.62 Å². The highest BCUT2D eigenvalue weighted by atomic mass is 32.2. The molecule has 0 aromatic heterocycles. The van der Waals surface area contributed by atoms with Crippen molar-refractivity contribution >= 4 is 15.9 Å². The molecule has 0 radical (unpaired) electrons. The zero-order valence-corrected chi connectivity index (χ0v) is 16.8. The van der Waals surface area contributed by atoms with Crippen molar-refractivity contribution in [3.05, 3.63) is 59.7 Å². The summed E-state index contributed by atoms with van der Waals surface area (Å²) < 4.78 is 31.1. The molecule has 0 aliphatic rings. The van der Waals surface area contributed by atoms with Crippen LogP contribution in [0.4, 0.5) is 0 Å². The van der Waals surface area contributed by atoms with E-state index in [1.807, 2.05) is 31.2 Å². The summed E-state index contributed by atoms with van der Waals surface area (Å²) in [6.45, 7) is 2.17. The van der Waals surface area contributed by atoms with Crippen LogP contribution in [0, 0.1) is 6.92 Å². The summed E-state index contributed by atoms with van der Waals surface area (Å²) in [5.74, 6) is 0.493. The number of hydrogen-bond donors (Lipinski definition) is 1. The lowest BCUT2D eigenvalue weighted by Crippen LogP contribution is -2.38. The molecule has 27 heavy (non-hydrogen) atoms. The van der Waals surface area contributed by atoms with Crippen LogP contribution in [0.1, 0.15) is 17.5 Å². The van der Waals surface area contributed by atoms with Gasteiger partial charge < -0.3 is 10.1 Å². The summed E-state index contributed by atoms with van der Waals surface area (Å²) in [7, 11) is -0.636. The van der Waals surface area contributed by atoms with Crippen LogP contribution < -0.4 is 10.1 Å². The van der Waals surface area contributed by atoms with Gasteiger partial charge in [0.25, 0.3) is 0 Å². The van der Waals surface area contributed by atoms with Gasteiger partial charge in [0.15, 0.2) is 0 Å². The van der Waals surface area contributed by atoms with Gasteiger partial charge in [0.1, 0.15) is 5.75 Å². The maximum atomic E-state index is 12.5. The van der Waals surface area contributed by atoms with Gasteiger partial charge in [-0.3, -0.25) is 4.79 Å². The van der Waals surface area contributed by atoms with Gasteiger partial charge >= 0.3 is 0 Å². The van der Waals surface area contributed by atoms with Gasteiger partial charge in [-0.1, -0.05) is 29.8 Å². The number of methoxy groups -OCH3 is 1. The summed E-state index contributed by atoms with van der Waals surface area (Å²) in [4.78, 5) is 12.2. The van der Waals surface area contributed by atoms with Crippen LogP contribution in [0.2, 0.25) is 0 Å². The Hall–Kier alpha value is -2.38. The van der Waals surface area contributed by atoms with Crippen LogP contribution >= 0.6 is 0 Å². The molecule has 0 atom stereocenters. The highest BCUT2D eigenvalue weighted by Gasteiger charge is 2.22. The Kier molecular flexibility index (Phi) is 7.38. The first-order chi connectivity index (χ1) is 12.8. The molecule has 0 fully saturated rings. The predicted octanol–water partition coefficient (Wildman–Crippen LogP) is 2.37. The fourth-order valence-corrected chi connectivity index (χ4v) is 3.67. The first-order valence-corrected chi connectivity index (χ1v) is 10.2. The summed E-state index contributed by atoms with van der Waals surface area (Å²) in [6.07, 6.45) is 1.59. The Labute approximate surface area is 161 Å². The number of nitrogens with one attached hydrogen (secondary N) is 1. The minimum Gasteiger partial charge on any atom is -0.497 e. The van der Waals surface area contributed by atoms with E-state index in [9.17, 15) is 13.2 Å². The molecule has 7 heteroatoms. The van der Waals surface area contributed by atoms with Crippen LogP contribution in [0.5, 0.6) is 5.75 Å². The highest BCUT2D eigenvalue weighted by molar-refractivity contribution is 7.89. The summed E-state index contributed by atoms with van der Waals surface area (Å²) in [5, 5.41) is 2.77. The number of rotatable bonds is 9. The second kappa shape index (κ2) is 9.53. The number of amides is 1. The van der Waals surface area contributed by atoms with Crippen molar-refractivity contribution in [3.63, 3.8) is 0 Å². The predicted molar refractivity (Wildman–Crippen MR) is 105 cm³/mol. The van der Waals surface area contributed by atoms with Gasteiger partial charge in [-0.15, -0.1) is 0 Å². The third-order valence-electron chi connectivity index (χ3n) is 4.22. The molecule has 0 bridgehead atoms. The highest BCUT2D eigenvalue weighted by Crippen LogP contribution is 2.15. The fraction of sp³-hybridized carbons (Fsp3) is 0.350. The lowest BCUT2D eigenvalue weighted by Gasteiger charge is -2.17. The third-order valence-corrected chi connectivity index (χ3v) is 6.04. The Morgan fingerprint density at radius 1 is 1.07 bits per heavy atom. The number of hydrogen-bond acceptors (Lipinski definition) is 4. The lowest BCUT2D eigenvalue weighted by molar-refractivity contribution is -0.121. The molecular weight excluding hydrogens is 364 g/mol. The van der Waals surface area contributed by atoms with Gasteiger partial charge in [-0.2, -0.15) is 4.31 Å². The molecule has 2 rings (SSSR count). The molecule has 146 valence electrons. The molecule has 2 aromatic carbocycles. The minimum atomic E-state index is -3.67. The number of aryl methyl sites for hydroxylation is 2. The van der Waals surface area contributed by atoms with Crippen LogP contribution in [0.15, 0.2) is 53.4 Å². The van der Waals surface area contributed by atoms with Crippen molar-refractivity contribution in [2.24, 2.45) is 0 Å². The molecule has 2 aromatic rings. The normalized spacial score (nSPS) is 11.4. The molecule has 0 saturated heterocycles. The topological polar surface area (TPSA) is 75.7 Å². The largest absolute Gasteiger partial charge is 0.497 e. The molecule has 1 N–H and O–H groups in total. The van der Waals surface area contributed by atoms with E-state index in [1.165, 1.54) is 7.05 Å². The maximum absolute atomic E-state index is 12.5. The van der Waals surface area contributed by atoms with Crippen molar-refractivity contribution in [3.8, 4) is 5.75 Å². The smallest absolute Gasteiger partial charge is 0.243 e. The molecule has 0 spiro atoms. The van der Waals surface area contributed by atoms with E-state index in [0.29, 0.717) is 6.54 Å². The van der Waals surface area contributed by atoms with Crippen molar-refractivity contribution in [1.29, 1.82) is 0 Å². The molecule has 0 unspecified atom stereocenters. The summed E-state index contributed by atoms with van der Waals surface area (Å²) >= 11 is 0. The van der Waals surface area contributed by atoms with Crippen molar-refractivity contribution < 1.29 is 17.9 Å². The van der Waals surface area contributed by atoms with E-state index >= 15 is 0 Å². The lowest BCUT2D eigenvalue weighted by atomic mass is 10.1. The third kappa shape index (κ3) is 6.08. The number of carbonyl (C=O) groups excluding carboxylic acids is 1. The van der Waals surface area contributed by atoms with Crippen LogP contribution in [-0.4, -0.2) is 45.9 Å². The molecule has 6 nitrogen and oxygen atoms in total. The first kappa shape index (κ1) is 20.9.